The summed E-state index contributed by atoms with van der Waals surface area (Å²) in [5.74, 6) is 5.79. The van der Waals surface area contributed by atoms with Crippen molar-refractivity contribution in [2.24, 2.45) is 52.3 Å². The molecule has 6 heteroatoms. The number of fused-ring (bicyclic) bond motifs is 5. The quantitative estimate of drug-likeness (QED) is 0.257. The summed E-state index contributed by atoms with van der Waals surface area (Å²) in [5, 5.41) is 40.4. The summed E-state index contributed by atoms with van der Waals surface area (Å²) in [5.41, 5.74) is 2.05. The number of rotatable bonds is 9. The predicted molar refractivity (Wildman–Crippen MR) is 161 cm³/mol. The minimum absolute atomic E-state index is 0.106. The van der Waals surface area contributed by atoms with Crippen LogP contribution >= 0.6 is 0 Å². The average Bonchev–Trinajstić information content (AvgIpc) is 3.39. The van der Waals surface area contributed by atoms with Crippen molar-refractivity contribution >= 4 is 0 Å². The zero-order valence-corrected chi connectivity index (χ0v) is 26.7. The molecule has 1 aliphatic heterocycles. The van der Waals surface area contributed by atoms with Crippen molar-refractivity contribution < 1.29 is 29.9 Å². The van der Waals surface area contributed by atoms with Crippen LogP contribution in [0.4, 0.5) is 0 Å². The van der Waals surface area contributed by atoms with Crippen molar-refractivity contribution in [1.82, 2.24) is 0 Å². The van der Waals surface area contributed by atoms with E-state index in [4.69, 9.17) is 9.47 Å². The summed E-state index contributed by atoms with van der Waals surface area (Å²) in [7, 11) is 0. The van der Waals surface area contributed by atoms with E-state index >= 15 is 0 Å². The molecule has 4 N–H and O–H groups in total. The summed E-state index contributed by atoms with van der Waals surface area (Å²) in [6.45, 7) is 14.4. The summed E-state index contributed by atoms with van der Waals surface area (Å²) < 4.78 is 11.9. The lowest BCUT2D eigenvalue weighted by Crippen LogP contribution is -2.60. The third kappa shape index (κ3) is 5.73. The van der Waals surface area contributed by atoms with Gasteiger partial charge in [0.05, 0.1) is 12.7 Å². The van der Waals surface area contributed by atoms with Crippen molar-refractivity contribution in [1.29, 1.82) is 0 Å². The maximum atomic E-state index is 10.5. The summed E-state index contributed by atoms with van der Waals surface area (Å²) in [6.07, 6.45) is 9.91. The third-order valence-corrected chi connectivity index (χ3v) is 13.4. The van der Waals surface area contributed by atoms with Crippen LogP contribution in [0, 0.1) is 52.3 Å². The second-order valence-corrected chi connectivity index (χ2v) is 15.7. The Labute approximate surface area is 249 Å². The van der Waals surface area contributed by atoms with Gasteiger partial charge in [-0.1, -0.05) is 66.0 Å². The van der Waals surface area contributed by atoms with Gasteiger partial charge in [0.15, 0.2) is 6.29 Å². The van der Waals surface area contributed by atoms with Crippen molar-refractivity contribution in [2.45, 2.75) is 149 Å². The highest BCUT2D eigenvalue weighted by Gasteiger charge is 2.60. The minimum Gasteiger partial charge on any atom is -0.394 e. The molecule has 0 aromatic carbocycles. The zero-order chi connectivity index (χ0) is 29.7. The van der Waals surface area contributed by atoms with E-state index in [1.54, 1.807) is 0 Å². The molecule has 14 atom stereocenters. The average molecular weight is 577 g/mol. The standard InChI is InChI=1S/C35H60O6/c1-7-22(20(2)3)9-8-21(4)25-10-12-27-26(25)11-13-29-34(5)17-15-24(18-23(34)14-16-35(27,29)6)40-33-32(39)31(38)30(37)28(19-36)41-33/h14,20-22,24-33,36-39H,7-13,15-19H2,1-6H3/t21-,22-,24+,25-,26+,27-,28-,29-,30-,31+,32-,33-,34+,35+/m1/s1. The molecule has 0 bridgehead atoms. The SMILES string of the molecule is CC[C@H](CC[C@@H](C)[C@H]1CC[C@@H]2[C@H]1CC[C@H]1[C@@]2(C)CC=C2C[C@@H](O[C@@H]3O[C@H](CO)[C@@H](O)[C@H](O)[C@H]3O)CC[C@@]21C)C(C)C. The van der Waals surface area contributed by atoms with Crippen molar-refractivity contribution in [2.75, 3.05) is 6.61 Å². The van der Waals surface area contributed by atoms with Gasteiger partial charge >= 0.3 is 0 Å². The van der Waals surface area contributed by atoms with Gasteiger partial charge in [0.2, 0.25) is 0 Å². The van der Waals surface area contributed by atoms with E-state index in [1.807, 2.05) is 0 Å². The highest BCUT2D eigenvalue weighted by molar-refractivity contribution is 5.27. The van der Waals surface area contributed by atoms with Crippen LogP contribution in [0.1, 0.15) is 112 Å². The largest absolute Gasteiger partial charge is 0.394 e. The highest BCUT2D eigenvalue weighted by atomic mass is 16.7. The van der Waals surface area contributed by atoms with E-state index in [0.29, 0.717) is 11.3 Å². The molecule has 236 valence electrons. The molecule has 1 saturated heterocycles. The minimum atomic E-state index is -1.40. The molecule has 1 heterocycles. The molecule has 3 saturated carbocycles. The number of ether oxygens (including phenoxy) is 2. The fourth-order valence-electron chi connectivity index (χ4n) is 10.8. The second-order valence-electron chi connectivity index (χ2n) is 15.7. The Morgan fingerprint density at radius 3 is 2.41 bits per heavy atom. The van der Waals surface area contributed by atoms with Gasteiger partial charge in [0.1, 0.15) is 24.4 Å². The van der Waals surface area contributed by atoms with Crippen LogP contribution in [0.15, 0.2) is 11.6 Å². The molecule has 41 heavy (non-hydrogen) atoms. The molecule has 6 nitrogen and oxygen atoms in total. The van der Waals surface area contributed by atoms with E-state index in [1.165, 1.54) is 50.5 Å². The topological polar surface area (TPSA) is 99.4 Å². The lowest BCUT2D eigenvalue weighted by molar-refractivity contribution is -0.313. The first-order chi connectivity index (χ1) is 19.4. The van der Waals surface area contributed by atoms with Gasteiger partial charge in [-0.05, 0) is 110 Å². The number of hydrogen-bond acceptors (Lipinski definition) is 6. The number of allylic oxidation sites excluding steroid dienone is 1. The van der Waals surface area contributed by atoms with Crippen LogP contribution in [-0.4, -0.2) is 63.8 Å². The first-order valence-electron chi connectivity index (χ1n) is 17.1. The van der Waals surface area contributed by atoms with Crippen molar-refractivity contribution in [3.05, 3.63) is 11.6 Å². The van der Waals surface area contributed by atoms with E-state index < -0.39 is 37.3 Å². The molecule has 0 aromatic heterocycles. The third-order valence-electron chi connectivity index (χ3n) is 13.4. The molecule has 4 aliphatic carbocycles. The van der Waals surface area contributed by atoms with Gasteiger partial charge in [-0.3, -0.25) is 0 Å². The lowest BCUT2D eigenvalue weighted by atomic mass is 9.44. The van der Waals surface area contributed by atoms with E-state index in [-0.39, 0.29) is 11.5 Å². The Hall–Kier alpha value is -0.500. The molecule has 5 aliphatic rings. The summed E-state index contributed by atoms with van der Waals surface area (Å²) >= 11 is 0. The van der Waals surface area contributed by atoms with E-state index in [9.17, 15) is 20.4 Å². The van der Waals surface area contributed by atoms with Crippen molar-refractivity contribution in [3.8, 4) is 0 Å². The Morgan fingerprint density at radius 1 is 0.976 bits per heavy atom. The Bertz CT molecular complexity index is 918. The molecule has 0 amide bonds. The monoisotopic (exact) mass is 576 g/mol. The molecule has 5 rings (SSSR count). The number of aliphatic hydroxyl groups excluding tert-OH is 4. The predicted octanol–water partition coefficient (Wildman–Crippen LogP) is 5.85. The maximum Gasteiger partial charge on any atom is 0.186 e. The molecule has 4 fully saturated rings. The first kappa shape index (κ1) is 31.9. The Balaban J connectivity index is 1.24. The normalized spacial score (nSPS) is 47.7. The Morgan fingerprint density at radius 2 is 1.73 bits per heavy atom. The van der Waals surface area contributed by atoms with Crippen LogP contribution in [0.2, 0.25) is 0 Å². The fourth-order valence-corrected chi connectivity index (χ4v) is 10.8. The highest BCUT2D eigenvalue weighted by Crippen LogP contribution is 2.68. The zero-order valence-electron chi connectivity index (χ0n) is 26.7. The molecular formula is C35H60O6. The van der Waals surface area contributed by atoms with Crippen LogP contribution in [0.5, 0.6) is 0 Å². The summed E-state index contributed by atoms with van der Waals surface area (Å²) in [4.78, 5) is 0. The van der Waals surface area contributed by atoms with Crippen LogP contribution in [0.25, 0.3) is 0 Å². The van der Waals surface area contributed by atoms with Gasteiger partial charge in [-0.15, -0.1) is 0 Å². The van der Waals surface area contributed by atoms with Crippen LogP contribution in [0.3, 0.4) is 0 Å². The number of aliphatic hydroxyl groups is 4. The maximum absolute atomic E-state index is 10.5. The lowest BCUT2D eigenvalue weighted by Gasteiger charge is -2.61. The van der Waals surface area contributed by atoms with E-state index in [2.05, 4.69) is 47.6 Å². The van der Waals surface area contributed by atoms with Crippen LogP contribution in [-0.2, 0) is 9.47 Å². The smallest absolute Gasteiger partial charge is 0.186 e. The summed E-state index contributed by atoms with van der Waals surface area (Å²) in [6, 6.07) is 0. The van der Waals surface area contributed by atoms with Gasteiger partial charge in [-0.2, -0.15) is 0 Å². The molecule has 0 radical (unpaired) electrons. The fraction of sp³-hybridized carbons (Fsp3) is 0.943. The van der Waals surface area contributed by atoms with Crippen LogP contribution < -0.4 is 0 Å². The second kappa shape index (κ2) is 12.5. The van der Waals surface area contributed by atoms with Crippen molar-refractivity contribution in [3.63, 3.8) is 0 Å². The van der Waals surface area contributed by atoms with E-state index in [0.717, 1.165) is 61.2 Å². The van der Waals surface area contributed by atoms with Gasteiger partial charge in [0, 0.05) is 0 Å². The molecule has 0 unspecified atom stereocenters. The molecular weight excluding hydrogens is 516 g/mol. The Kier molecular flexibility index (Phi) is 9.71. The van der Waals surface area contributed by atoms with Gasteiger partial charge in [-0.25, -0.2) is 0 Å². The van der Waals surface area contributed by atoms with Gasteiger partial charge < -0.3 is 29.9 Å². The first-order valence-corrected chi connectivity index (χ1v) is 17.1. The number of hydrogen-bond donors (Lipinski definition) is 4. The van der Waals surface area contributed by atoms with Gasteiger partial charge in [0.25, 0.3) is 0 Å². The molecule has 0 aromatic rings. The molecule has 0 spiro atoms.